The van der Waals surface area contributed by atoms with Crippen molar-refractivity contribution in [2.75, 3.05) is 13.1 Å². The summed E-state index contributed by atoms with van der Waals surface area (Å²) in [7, 11) is 0. The lowest BCUT2D eigenvalue weighted by Crippen LogP contribution is -2.32. The molecule has 1 aromatic rings. The molecule has 0 fully saturated rings. The van der Waals surface area contributed by atoms with Gasteiger partial charge in [0, 0.05) is 23.2 Å². The molecular formula is C14H21NS. The molecule has 0 saturated heterocycles. The molecule has 2 rings (SSSR count). The monoisotopic (exact) mass is 235 g/mol. The lowest BCUT2D eigenvalue weighted by molar-refractivity contribution is 0.380. The second-order valence-electron chi connectivity index (χ2n) is 5.74. The minimum absolute atomic E-state index is 0.385. The van der Waals surface area contributed by atoms with E-state index in [1.807, 2.05) is 11.8 Å². The third-order valence-corrected chi connectivity index (χ3v) is 4.06. The molecule has 0 saturated carbocycles. The van der Waals surface area contributed by atoms with Crippen molar-refractivity contribution in [1.29, 1.82) is 0 Å². The Balaban J connectivity index is 1.79. The molecule has 0 spiro atoms. The van der Waals surface area contributed by atoms with E-state index in [2.05, 4.69) is 50.4 Å². The highest BCUT2D eigenvalue weighted by molar-refractivity contribution is 8.00. The van der Waals surface area contributed by atoms with Gasteiger partial charge < -0.3 is 5.32 Å². The predicted molar refractivity (Wildman–Crippen MR) is 72.1 cm³/mol. The first kappa shape index (κ1) is 12.0. The molecular weight excluding hydrogens is 214 g/mol. The molecule has 16 heavy (non-hydrogen) atoms. The fraction of sp³-hybridized carbons (Fsp3) is 0.571. The molecule has 0 aromatic heterocycles. The molecule has 1 N–H and O–H groups in total. The van der Waals surface area contributed by atoms with Gasteiger partial charge in [-0.15, -0.1) is 11.8 Å². The number of benzene rings is 1. The van der Waals surface area contributed by atoms with E-state index in [0.29, 0.717) is 5.41 Å². The van der Waals surface area contributed by atoms with Gasteiger partial charge in [-0.2, -0.15) is 0 Å². The van der Waals surface area contributed by atoms with E-state index in [4.69, 9.17) is 0 Å². The maximum atomic E-state index is 3.58. The maximum Gasteiger partial charge on any atom is 0.0260 e. The summed E-state index contributed by atoms with van der Waals surface area (Å²) in [5.74, 6) is 0. The summed E-state index contributed by atoms with van der Waals surface area (Å²) in [6, 6.07) is 8.77. The van der Waals surface area contributed by atoms with E-state index in [1.54, 1.807) is 0 Å². The van der Waals surface area contributed by atoms with Gasteiger partial charge in [0.25, 0.3) is 0 Å². The van der Waals surface area contributed by atoms with Crippen molar-refractivity contribution < 1.29 is 0 Å². The van der Waals surface area contributed by atoms with Gasteiger partial charge in [0.1, 0.15) is 0 Å². The van der Waals surface area contributed by atoms with Crippen molar-refractivity contribution in [3.8, 4) is 0 Å². The van der Waals surface area contributed by atoms with Gasteiger partial charge in [-0.25, -0.2) is 0 Å². The Morgan fingerprint density at radius 1 is 1.31 bits per heavy atom. The van der Waals surface area contributed by atoms with E-state index in [-0.39, 0.29) is 0 Å². The second kappa shape index (κ2) is 4.80. The zero-order valence-electron chi connectivity index (χ0n) is 10.4. The van der Waals surface area contributed by atoms with Crippen molar-refractivity contribution >= 4 is 11.8 Å². The Bertz CT molecular complexity index is 329. The SMILES string of the molecule is CC(C)(C)CNCC1Cc2ccccc2S1. The molecule has 1 heterocycles. The highest BCUT2D eigenvalue weighted by Crippen LogP contribution is 2.36. The fourth-order valence-electron chi connectivity index (χ4n) is 1.98. The van der Waals surface area contributed by atoms with Crippen molar-refractivity contribution in [3.05, 3.63) is 29.8 Å². The topological polar surface area (TPSA) is 12.0 Å². The molecule has 1 aliphatic heterocycles. The van der Waals surface area contributed by atoms with Gasteiger partial charge in [-0.3, -0.25) is 0 Å². The van der Waals surface area contributed by atoms with Gasteiger partial charge in [0.15, 0.2) is 0 Å². The summed E-state index contributed by atoms with van der Waals surface area (Å²) >= 11 is 2.02. The number of thioether (sulfide) groups is 1. The maximum absolute atomic E-state index is 3.58. The van der Waals surface area contributed by atoms with Crippen LogP contribution in [0.3, 0.4) is 0 Å². The number of nitrogens with one attached hydrogen (secondary N) is 1. The Kier molecular flexibility index (Phi) is 3.60. The minimum atomic E-state index is 0.385. The van der Waals surface area contributed by atoms with Crippen LogP contribution in [0.5, 0.6) is 0 Å². The number of hydrogen-bond donors (Lipinski definition) is 1. The summed E-state index contributed by atoms with van der Waals surface area (Å²) in [5, 5.41) is 4.30. The van der Waals surface area contributed by atoms with E-state index in [1.165, 1.54) is 16.9 Å². The molecule has 1 nitrogen and oxygen atoms in total. The summed E-state index contributed by atoms with van der Waals surface area (Å²) in [6.07, 6.45) is 1.22. The number of fused-ring (bicyclic) bond motifs is 1. The Hall–Kier alpha value is -0.470. The second-order valence-corrected chi connectivity index (χ2v) is 7.09. The van der Waals surface area contributed by atoms with E-state index < -0.39 is 0 Å². The predicted octanol–water partition coefficient (Wildman–Crippen LogP) is 3.34. The average molecular weight is 235 g/mol. The molecule has 0 bridgehead atoms. The largest absolute Gasteiger partial charge is 0.315 e. The van der Waals surface area contributed by atoms with Gasteiger partial charge in [0.05, 0.1) is 0 Å². The number of hydrogen-bond acceptors (Lipinski definition) is 2. The highest BCUT2D eigenvalue weighted by atomic mass is 32.2. The van der Waals surface area contributed by atoms with Crippen LogP contribution in [0.4, 0.5) is 0 Å². The quantitative estimate of drug-likeness (QED) is 0.862. The van der Waals surface area contributed by atoms with E-state index in [9.17, 15) is 0 Å². The molecule has 1 atom stereocenters. The van der Waals surface area contributed by atoms with Crippen LogP contribution in [0.15, 0.2) is 29.2 Å². The van der Waals surface area contributed by atoms with Crippen LogP contribution in [-0.4, -0.2) is 18.3 Å². The number of rotatable bonds is 3. The van der Waals surface area contributed by atoms with Crippen molar-refractivity contribution in [1.82, 2.24) is 5.32 Å². The molecule has 1 aromatic carbocycles. The summed E-state index contributed by atoms with van der Waals surface area (Å²) in [5.41, 5.74) is 1.91. The van der Waals surface area contributed by atoms with Crippen molar-refractivity contribution in [2.45, 2.75) is 37.3 Å². The molecule has 1 aliphatic rings. The van der Waals surface area contributed by atoms with E-state index >= 15 is 0 Å². The Morgan fingerprint density at radius 3 is 2.75 bits per heavy atom. The normalized spacial score (nSPS) is 19.8. The fourth-order valence-corrected chi connectivity index (χ4v) is 3.26. The van der Waals surface area contributed by atoms with Crippen LogP contribution in [0, 0.1) is 5.41 Å². The van der Waals surface area contributed by atoms with Crippen LogP contribution in [-0.2, 0) is 6.42 Å². The summed E-state index contributed by atoms with van der Waals surface area (Å²) < 4.78 is 0. The van der Waals surface area contributed by atoms with Crippen LogP contribution in [0.2, 0.25) is 0 Å². The Labute approximate surface area is 103 Å². The third kappa shape index (κ3) is 3.26. The average Bonchev–Trinajstić information content (AvgIpc) is 2.57. The zero-order valence-corrected chi connectivity index (χ0v) is 11.2. The molecule has 0 aliphatic carbocycles. The molecule has 2 heteroatoms. The molecule has 1 unspecified atom stereocenters. The molecule has 0 amide bonds. The van der Waals surface area contributed by atoms with Crippen molar-refractivity contribution in [2.24, 2.45) is 5.41 Å². The first-order valence-electron chi connectivity index (χ1n) is 6.00. The zero-order chi connectivity index (χ0) is 11.6. The van der Waals surface area contributed by atoms with Crippen LogP contribution >= 0.6 is 11.8 Å². The minimum Gasteiger partial charge on any atom is -0.315 e. The van der Waals surface area contributed by atoms with Gasteiger partial charge >= 0.3 is 0 Å². The lowest BCUT2D eigenvalue weighted by atomic mass is 9.97. The van der Waals surface area contributed by atoms with Gasteiger partial charge in [0.2, 0.25) is 0 Å². The molecule has 88 valence electrons. The van der Waals surface area contributed by atoms with Crippen LogP contribution in [0.25, 0.3) is 0 Å². The first-order valence-corrected chi connectivity index (χ1v) is 6.88. The van der Waals surface area contributed by atoms with Crippen LogP contribution < -0.4 is 5.32 Å². The molecule has 0 radical (unpaired) electrons. The summed E-state index contributed by atoms with van der Waals surface area (Å²) in [6.45, 7) is 9.04. The Morgan fingerprint density at radius 2 is 2.06 bits per heavy atom. The third-order valence-electron chi connectivity index (χ3n) is 2.74. The van der Waals surface area contributed by atoms with Gasteiger partial charge in [-0.05, 0) is 23.5 Å². The smallest absolute Gasteiger partial charge is 0.0260 e. The van der Waals surface area contributed by atoms with Gasteiger partial charge in [-0.1, -0.05) is 39.0 Å². The van der Waals surface area contributed by atoms with Crippen LogP contribution in [0.1, 0.15) is 26.3 Å². The standard InChI is InChI=1S/C14H21NS/c1-14(2,3)10-15-9-12-8-11-6-4-5-7-13(11)16-12/h4-7,12,15H,8-10H2,1-3H3. The first-order chi connectivity index (χ1) is 7.54. The summed E-state index contributed by atoms with van der Waals surface area (Å²) in [4.78, 5) is 1.48. The van der Waals surface area contributed by atoms with Crippen molar-refractivity contribution in [3.63, 3.8) is 0 Å². The highest BCUT2D eigenvalue weighted by Gasteiger charge is 2.21. The lowest BCUT2D eigenvalue weighted by Gasteiger charge is -2.20. The van der Waals surface area contributed by atoms with E-state index in [0.717, 1.165) is 18.3 Å².